The molecule has 0 saturated carbocycles. The fourth-order valence-electron chi connectivity index (χ4n) is 2.34. The van der Waals surface area contributed by atoms with E-state index in [0.29, 0.717) is 0 Å². The molecule has 0 spiro atoms. The molecule has 50 heavy (non-hydrogen) atoms. The molecule has 6 nitrogen and oxygen atoms in total. The van der Waals surface area contributed by atoms with Gasteiger partial charge in [0.15, 0.2) is 0 Å². The van der Waals surface area contributed by atoms with Crippen LogP contribution in [0.3, 0.4) is 0 Å². The summed E-state index contributed by atoms with van der Waals surface area (Å²) in [5.41, 5.74) is 0. The summed E-state index contributed by atoms with van der Waals surface area (Å²) in [7, 11) is -32.6. The van der Waals surface area contributed by atoms with Crippen molar-refractivity contribution in [1.29, 1.82) is 0 Å². The molecule has 0 fully saturated rings. The Balaban J connectivity index is 0. The molecule has 0 aliphatic rings. The summed E-state index contributed by atoms with van der Waals surface area (Å²) in [5, 5.41) is -28.9. The summed E-state index contributed by atoms with van der Waals surface area (Å²) in [6.07, 6.45) is -25.4. The van der Waals surface area contributed by atoms with Crippen LogP contribution >= 0.6 is 0 Å². The van der Waals surface area contributed by atoms with E-state index in [0.717, 1.165) is 0 Å². The number of hydrogen-bond acceptors (Lipinski definition) is 6. The molecule has 0 unspecified atom stereocenters. The van der Waals surface area contributed by atoms with E-state index in [-0.39, 0.29) is 18.9 Å². The second kappa shape index (κ2) is 12.3. The van der Waals surface area contributed by atoms with Gasteiger partial charge in [0.1, 0.15) is 29.5 Å². The smallest absolute Gasteiger partial charge is 0.254 e. The minimum Gasteiger partial charge on any atom is -0.254 e. The first kappa shape index (κ1) is 50.7. The molecule has 0 aliphatic heterocycles. The predicted molar refractivity (Wildman–Crippen MR) is 92.7 cm³/mol. The van der Waals surface area contributed by atoms with Crippen LogP contribution in [0.25, 0.3) is 0 Å². The summed E-state index contributed by atoms with van der Waals surface area (Å²) >= 11 is 0. The van der Waals surface area contributed by atoms with Crippen LogP contribution in [0.4, 0.5) is 119 Å². The average molecular weight is 868 g/mol. The van der Waals surface area contributed by atoms with Crippen molar-refractivity contribution in [2.24, 2.45) is 0 Å². The maximum atomic E-state index is 14.1. The van der Waals surface area contributed by atoms with Gasteiger partial charge in [0, 0.05) is 0 Å². The Bertz CT molecular complexity index is 1410. The van der Waals surface area contributed by atoms with Crippen LogP contribution < -0.4 is 18.9 Å². The second-order valence-corrected chi connectivity index (χ2v) is 14.8. The summed E-state index contributed by atoms with van der Waals surface area (Å²) in [6.45, 7) is 0. The molecule has 0 aromatic carbocycles. The van der Waals surface area contributed by atoms with Crippen molar-refractivity contribution in [2.75, 3.05) is 0 Å². The molecule has 0 aromatic heterocycles. The van der Waals surface area contributed by atoms with Gasteiger partial charge in [-0.2, -0.15) is 119 Å². The number of rotatable bonds is 12. The Morgan fingerprint density at radius 3 is 0.480 bits per heavy atom. The van der Waals surface area contributed by atoms with Crippen LogP contribution in [0.15, 0.2) is 0 Å². The van der Waals surface area contributed by atoms with Gasteiger partial charge in [0.05, 0.1) is 3.91 Å². The molecule has 0 radical (unpaired) electrons. The molecule has 37 heteroatoms. The van der Waals surface area contributed by atoms with Gasteiger partial charge >= 0.3 is 88.7 Å². The van der Waals surface area contributed by atoms with Gasteiger partial charge in [-0.1, -0.05) is 0 Å². The third kappa shape index (κ3) is 6.23. The van der Waals surface area contributed by atoms with Crippen molar-refractivity contribution >= 4 is 29.5 Å². The van der Waals surface area contributed by atoms with E-state index in [9.17, 15) is 144 Å². The van der Waals surface area contributed by atoms with Crippen molar-refractivity contribution in [2.45, 2.75) is 69.8 Å². The number of halogens is 27. The molecule has 0 N–H and O–H groups in total. The predicted octanol–water partition coefficient (Wildman–Crippen LogP) is 3.96. The van der Waals surface area contributed by atoms with Crippen LogP contribution in [0.5, 0.6) is 0 Å². The fraction of sp³-hybridized carbons (Fsp3) is 0.923. The van der Waals surface area contributed by atoms with Gasteiger partial charge in [-0.25, -0.2) is 0 Å². The van der Waals surface area contributed by atoms with Crippen LogP contribution in [0, 0.1) is 3.91 Å². The van der Waals surface area contributed by atoms with Gasteiger partial charge in [0.2, 0.25) is 0 Å². The molecule has 0 aromatic rings. The number of sulfone groups is 3. The molecule has 296 valence electrons. The SMILES string of the molecule is O=S(=O)([C-](S(=O)(=O)C(F)(F)C(F)(F)C(F)(F)C(F)(F)F)S(=O)(=O)C(F)(F)C(F)(F)C(F)(F)C(F)(F)F)C(F)(F)C(F)(F)C(F)(F)C(F)(F)F.[Li+]. The Labute approximate surface area is 266 Å². The third-order valence-corrected chi connectivity index (χ3v) is 13.1. The molecule has 0 heterocycles. The van der Waals surface area contributed by atoms with E-state index < -0.39 is 103 Å². The molecule has 0 atom stereocenters. The Morgan fingerprint density at radius 2 is 0.380 bits per heavy atom. The van der Waals surface area contributed by atoms with Crippen molar-refractivity contribution in [3.05, 3.63) is 3.91 Å². The molecule has 0 saturated heterocycles. The summed E-state index contributed by atoms with van der Waals surface area (Å²) in [5.74, 6) is -55.2. The van der Waals surface area contributed by atoms with Crippen molar-refractivity contribution in [3.63, 3.8) is 0 Å². The topological polar surface area (TPSA) is 102 Å². The number of alkyl halides is 27. The maximum absolute atomic E-state index is 14.1. The first-order valence-corrected chi connectivity index (χ1v) is 14.0. The van der Waals surface area contributed by atoms with Gasteiger partial charge in [-0.15, -0.1) is 0 Å². The first-order chi connectivity index (χ1) is 20.4. The van der Waals surface area contributed by atoms with Crippen LogP contribution in [0.1, 0.15) is 0 Å². The van der Waals surface area contributed by atoms with E-state index >= 15 is 0 Å². The van der Waals surface area contributed by atoms with E-state index in [1.54, 1.807) is 0 Å². The van der Waals surface area contributed by atoms with Crippen molar-refractivity contribution < 1.29 is 163 Å². The Hall–Kier alpha value is -1.44. The average Bonchev–Trinajstić information content (AvgIpc) is 2.80. The fourth-order valence-corrected chi connectivity index (χ4v) is 9.71. The minimum absolute atomic E-state index is 0. The molecule has 0 rings (SSSR count). The van der Waals surface area contributed by atoms with Gasteiger partial charge in [-0.05, 0) is 0 Å². The number of hydrogen-bond donors (Lipinski definition) is 0. The molecule has 0 aliphatic carbocycles. The quantitative estimate of drug-likeness (QED) is 0.168. The van der Waals surface area contributed by atoms with Crippen LogP contribution in [-0.2, 0) is 29.5 Å². The minimum atomic E-state index is -10.9. The van der Waals surface area contributed by atoms with E-state index in [1.807, 2.05) is 0 Å². The Morgan fingerprint density at radius 1 is 0.260 bits per heavy atom. The largest absolute Gasteiger partial charge is 1.00 e. The second-order valence-electron chi connectivity index (χ2n) is 8.25. The zero-order chi connectivity index (χ0) is 41.1. The normalized spacial score (nSPS) is 16.8. The van der Waals surface area contributed by atoms with Crippen LogP contribution in [0.2, 0.25) is 0 Å². The summed E-state index contributed by atoms with van der Waals surface area (Å²) < 4.78 is 420. The zero-order valence-electron chi connectivity index (χ0n) is 21.4. The van der Waals surface area contributed by atoms with E-state index in [2.05, 4.69) is 0 Å². The Kier molecular flexibility index (Phi) is 12.5. The van der Waals surface area contributed by atoms with Gasteiger partial charge in [-0.3, -0.25) is 25.3 Å². The van der Waals surface area contributed by atoms with Crippen molar-refractivity contribution in [1.82, 2.24) is 0 Å². The third-order valence-electron chi connectivity index (χ3n) is 5.02. The van der Waals surface area contributed by atoms with Gasteiger partial charge < -0.3 is 0 Å². The molecule has 0 bridgehead atoms. The van der Waals surface area contributed by atoms with Gasteiger partial charge in [0.25, 0.3) is 0 Å². The monoisotopic (exact) mass is 868 g/mol. The molecular weight excluding hydrogens is 868 g/mol. The van der Waals surface area contributed by atoms with E-state index in [1.165, 1.54) is 0 Å². The van der Waals surface area contributed by atoms with Crippen LogP contribution in [-0.4, -0.2) is 95.1 Å². The standard InChI is InChI=1S/C13F27O6S3.Li/c14-2(15,8(26,27)28)5(20,21)11(35,36)47(41,42)1(48(43,44)12(37,38)6(22,23)3(16,17)9(29,30)31)49(45,46)13(39,40)7(24,25)4(18,19)10(32,33)34;/q-1;+1. The summed E-state index contributed by atoms with van der Waals surface area (Å²) in [6, 6.07) is 0. The van der Waals surface area contributed by atoms with Crippen molar-refractivity contribution in [3.8, 4) is 0 Å². The molecular formula is C13F27LiO6S3. The first-order valence-electron chi connectivity index (χ1n) is 9.58. The molecule has 0 amide bonds. The van der Waals surface area contributed by atoms with E-state index in [4.69, 9.17) is 0 Å². The summed E-state index contributed by atoms with van der Waals surface area (Å²) in [4.78, 5) is 0. The zero-order valence-corrected chi connectivity index (χ0v) is 23.8. The maximum Gasteiger partial charge on any atom is 1.00 e.